The molecule has 2 fully saturated rings. The van der Waals surface area contributed by atoms with Crippen molar-refractivity contribution >= 4 is 11.8 Å². The quantitative estimate of drug-likeness (QED) is 0.691. The average Bonchev–Trinajstić information content (AvgIpc) is 2.38. The summed E-state index contributed by atoms with van der Waals surface area (Å²) in [6, 6.07) is -0.205. The van der Waals surface area contributed by atoms with Crippen LogP contribution in [-0.2, 0) is 14.3 Å². The predicted octanol–water partition coefficient (Wildman–Crippen LogP) is -0.946. The lowest BCUT2D eigenvalue weighted by Gasteiger charge is -2.44. The smallest absolute Gasteiger partial charge is 0.254 e. The number of fused-ring (bicyclic) bond motifs is 1. The fourth-order valence-electron chi connectivity index (χ4n) is 2.43. The molecule has 18 heavy (non-hydrogen) atoms. The molecule has 0 aromatic carbocycles. The monoisotopic (exact) mass is 255 g/mol. The third-order valence-corrected chi connectivity index (χ3v) is 3.80. The molecule has 2 saturated heterocycles. The summed E-state index contributed by atoms with van der Waals surface area (Å²) in [7, 11) is 1.53. The molecule has 1 atom stereocenters. The SMILES string of the molecule is COC(C)(C)C(=O)N1CCN2CCNC(=O)[C@@H]2C1. The lowest BCUT2D eigenvalue weighted by molar-refractivity contribution is -0.155. The first-order valence-corrected chi connectivity index (χ1v) is 6.32. The highest BCUT2D eigenvalue weighted by molar-refractivity contribution is 5.87. The molecule has 6 nitrogen and oxygen atoms in total. The normalized spacial score (nSPS) is 25.6. The number of nitrogens with zero attached hydrogens (tertiary/aromatic N) is 2. The molecule has 2 aliphatic heterocycles. The molecule has 0 bridgehead atoms. The van der Waals surface area contributed by atoms with Crippen LogP contribution in [0.2, 0.25) is 0 Å². The zero-order valence-electron chi connectivity index (χ0n) is 11.2. The van der Waals surface area contributed by atoms with Gasteiger partial charge in [0.05, 0.1) is 0 Å². The number of piperazine rings is 2. The van der Waals surface area contributed by atoms with Crippen molar-refractivity contribution in [2.75, 3.05) is 39.8 Å². The Morgan fingerprint density at radius 2 is 2.11 bits per heavy atom. The molecule has 2 heterocycles. The zero-order valence-corrected chi connectivity index (χ0v) is 11.2. The minimum absolute atomic E-state index is 0.0222. The Morgan fingerprint density at radius 1 is 1.39 bits per heavy atom. The first-order valence-electron chi connectivity index (χ1n) is 6.32. The molecule has 2 aliphatic rings. The summed E-state index contributed by atoms with van der Waals surface area (Å²) in [5.74, 6) is -0.0306. The molecular formula is C12H21N3O3. The third-order valence-electron chi connectivity index (χ3n) is 3.80. The van der Waals surface area contributed by atoms with E-state index in [2.05, 4.69) is 10.2 Å². The minimum Gasteiger partial charge on any atom is -0.369 e. The number of methoxy groups -OCH3 is 1. The van der Waals surface area contributed by atoms with Gasteiger partial charge >= 0.3 is 0 Å². The van der Waals surface area contributed by atoms with Crippen LogP contribution in [0.15, 0.2) is 0 Å². The largest absolute Gasteiger partial charge is 0.369 e. The summed E-state index contributed by atoms with van der Waals surface area (Å²) >= 11 is 0. The Bertz CT molecular complexity index is 356. The van der Waals surface area contributed by atoms with Gasteiger partial charge in [-0.25, -0.2) is 0 Å². The molecule has 0 aromatic heterocycles. The summed E-state index contributed by atoms with van der Waals surface area (Å²) in [4.78, 5) is 27.9. The molecule has 1 N–H and O–H groups in total. The van der Waals surface area contributed by atoms with E-state index < -0.39 is 5.60 Å². The molecule has 2 rings (SSSR count). The van der Waals surface area contributed by atoms with Gasteiger partial charge in [-0.1, -0.05) is 0 Å². The second kappa shape index (κ2) is 4.85. The standard InChI is InChI=1S/C12H21N3O3/c1-12(2,18-3)11(17)15-7-6-14-5-4-13-10(16)9(14)8-15/h9H,4-8H2,1-3H3,(H,13,16)/t9-/m0/s1. The lowest BCUT2D eigenvalue weighted by atomic mass is 10.0. The van der Waals surface area contributed by atoms with Gasteiger partial charge in [-0.15, -0.1) is 0 Å². The number of nitrogens with one attached hydrogen (secondary N) is 1. The van der Waals surface area contributed by atoms with Crippen molar-refractivity contribution in [1.82, 2.24) is 15.1 Å². The van der Waals surface area contributed by atoms with E-state index in [4.69, 9.17) is 4.74 Å². The van der Waals surface area contributed by atoms with Crippen LogP contribution in [0.4, 0.5) is 0 Å². The van der Waals surface area contributed by atoms with Crippen LogP contribution in [0, 0.1) is 0 Å². The summed E-state index contributed by atoms with van der Waals surface area (Å²) in [6.45, 7) is 6.95. The fraction of sp³-hybridized carbons (Fsp3) is 0.833. The highest BCUT2D eigenvalue weighted by Crippen LogP contribution is 2.18. The van der Waals surface area contributed by atoms with Crippen molar-refractivity contribution in [2.45, 2.75) is 25.5 Å². The third kappa shape index (κ3) is 2.35. The van der Waals surface area contributed by atoms with E-state index in [1.54, 1.807) is 18.7 Å². The average molecular weight is 255 g/mol. The maximum Gasteiger partial charge on any atom is 0.254 e. The number of rotatable bonds is 2. The zero-order chi connectivity index (χ0) is 13.3. The number of ether oxygens (including phenoxy) is 1. The Morgan fingerprint density at radius 3 is 2.78 bits per heavy atom. The second-order valence-electron chi connectivity index (χ2n) is 5.31. The number of hydrogen-bond acceptors (Lipinski definition) is 4. The molecule has 6 heteroatoms. The van der Waals surface area contributed by atoms with Crippen molar-refractivity contribution in [2.24, 2.45) is 0 Å². The van der Waals surface area contributed by atoms with Crippen LogP contribution in [-0.4, -0.2) is 73.1 Å². The molecule has 0 unspecified atom stereocenters. The molecule has 0 aliphatic carbocycles. The van der Waals surface area contributed by atoms with Gasteiger partial charge in [0, 0.05) is 39.8 Å². The molecule has 2 amide bonds. The van der Waals surface area contributed by atoms with Gasteiger partial charge in [-0.2, -0.15) is 0 Å². The second-order valence-corrected chi connectivity index (χ2v) is 5.31. The van der Waals surface area contributed by atoms with Crippen LogP contribution in [0.3, 0.4) is 0 Å². The van der Waals surface area contributed by atoms with Gasteiger partial charge in [0.15, 0.2) is 0 Å². The highest BCUT2D eigenvalue weighted by atomic mass is 16.5. The number of carbonyl (C=O) groups excluding carboxylic acids is 2. The van der Waals surface area contributed by atoms with Crippen LogP contribution >= 0.6 is 0 Å². The number of hydrogen-bond donors (Lipinski definition) is 1. The first kappa shape index (κ1) is 13.3. The van der Waals surface area contributed by atoms with Crippen molar-refractivity contribution < 1.29 is 14.3 Å². The van der Waals surface area contributed by atoms with Gasteiger partial charge in [0.1, 0.15) is 11.6 Å². The highest BCUT2D eigenvalue weighted by Gasteiger charge is 2.40. The van der Waals surface area contributed by atoms with Crippen molar-refractivity contribution in [3.8, 4) is 0 Å². The summed E-state index contributed by atoms with van der Waals surface area (Å²) in [5.41, 5.74) is -0.826. The Labute approximate surface area is 107 Å². The number of carbonyl (C=O) groups is 2. The maximum atomic E-state index is 12.3. The topological polar surface area (TPSA) is 61.9 Å². The van der Waals surface area contributed by atoms with Gasteiger partial charge in [-0.05, 0) is 13.8 Å². The summed E-state index contributed by atoms with van der Waals surface area (Å²) in [6.07, 6.45) is 0. The van der Waals surface area contributed by atoms with E-state index in [1.807, 2.05) is 0 Å². The van der Waals surface area contributed by atoms with E-state index >= 15 is 0 Å². The van der Waals surface area contributed by atoms with Gasteiger partial charge in [0.2, 0.25) is 5.91 Å². The van der Waals surface area contributed by atoms with Crippen molar-refractivity contribution in [3.05, 3.63) is 0 Å². The molecule has 0 spiro atoms. The molecular weight excluding hydrogens is 234 g/mol. The molecule has 0 radical (unpaired) electrons. The number of amides is 2. The van der Waals surface area contributed by atoms with E-state index in [9.17, 15) is 9.59 Å². The molecule has 0 saturated carbocycles. The predicted molar refractivity (Wildman–Crippen MR) is 66.0 cm³/mol. The van der Waals surface area contributed by atoms with Crippen molar-refractivity contribution in [1.29, 1.82) is 0 Å². The Hall–Kier alpha value is -1.14. The maximum absolute atomic E-state index is 12.3. The van der Waals surface area contributed by atoms with E-state index in [-0.39, 0.29) is 17.9 Å². The summed E-state index contributed by atoms with van der Waals surface area (Å²) in [5, 5.41) is 2.84. The van der Waals surface area contributed by atoms with Gasteiger partial charge < -0.3 is 15.0 Å². The minimum atomic E-state index is -0.826. The van der Waals surface area contributed by atoms with Crippen LogP contribution in [0.1, 0.15) is 13.8 Å². The van der Waals surface area contributed by atoms with Crippen LogP contribution in [0.25, 0.3) is 0 Å². The molecule has 0 aromatic rings. The van der Waals surface area contributed by atoms with Gasteiger partial charge in [-0.3, -0.25) is 14.5 Å². The van der Waals surface area contributed by atoms with Crippen LogP contribution < -0.4 is 5.32 Å². The van der Waals surface area contributed by atoms with Crippen molar-refractivity contribution in [3.63, 3.8) is 0 Å². The Balaban J connectivity index is 2.05. The van der Waals surface area contributed by atoms with E-state index in [0.717, 1.165) is 13.1 Å². The Kier molecular flexibility index (Phi) is 3.59. The van der Waals surface area contributed by atoms with E-state index in [0.29, 0.717) is 19.6 Å². The van der Waals surface area contributed by atoms with Gasteiger partial charge in [0.25, 0.3) is 5.91 Å². The lowest BCUT2D eigenvalue weighted by Crippen LogP contribution is -2.66. The van der Waals surface area contributed by atoms with Crippen LogP contribution in [0.5, 0.6) is 0 Å². The summed E-state index contributed by atoms with van der Waals surface area (Å²) < 4.78 is 5.21. The first-order chi connectivity index (χ1) is 8.45. The fourth-order valence-corrected chi connectivity index (χ4v) is 2.43. The molecule has 102 valence electrons. The van der Waals surface area contributed by atoms with E-state index in [1.165, 1.54) is 7.11 Å².